The van der Waals surface area contributed by atoms with E-state index in [2.05, 4.69) is 9.97 Å². The van der Waals surface area contributed by atoms with Gasteiger partial charge in [0.25, 0.3) is 0 Å². The Morgan fingerprint density at radius 2 is 2.26 bits per heavy atom. The smallest absolute Gasteiger partial charge is 0.125 e. The summed E-state index contributed by atoms with van der Waals surface area (Å²) < 4.78 is 5.67. The van der Waals surface area contributed by atoms with Crippen molar-refractivity contribution in [2.24, 2.45) is 5.73 Å². The quantitative estimate of drug-likeness (QED) is 0.934. The van der Waals surface area contributed by atoms with E-state index in [0.717, 1.165) is 34.0 Å². The zero-order chi connectivity index (χ0) is 13.2. The van der Waals surface area contributed by atoms with Crippen molar-refractivity contribution in [1.29, 1.82) is 0 Å². The minimum absolute atomic E-state index is 0.208. The summed E-state index contributed by atoms with van der Waals surface area (Å²) in [5, 5.41) is 0.727. The molecule has 0 radical (unpaired) electrons. The van der Waals surface area contributed by atoms with Gasteiger partial charge < -0.3 is 10.5 Å². The van der Waals surface area contributed by atoms with E-state index in [9.17, 15) is 0 Å². The molecule has 2 aromatic rings. The maximum atomic E-state index is 6.17. The van der Waals surface area contributed by atoms with Gasteiger partial charge in [0.2, 0.25) is 0 Å². The predicted molar refractivity (Wildman–Crippen MR) is 73.3 cm³/mol. The summed E-state index contributed by atoms with van der Waals surface area (Å²) in [6.07, 6.45) is 6.52. The lowest BCUT2D eigenvalue weighted by Crippen LogP contribution is -2.15. The maximum Gasteiger partial charge on any atom is 0.125 e. The van der Waals surface area contributed by atoms with Crippen LogP contribution in [0, 0.1) is 0 Å². The van der Waals surface area contributed by atoms with Crippen LogP contribution < -0.4 is 10.5 Å². The molecule has 5 heteroatoms. The van der Waals surface area contributed by atoms with Gasteiger partial charge >= 0.3 is 0 Å². The summed E-state index contributed by atoms with van der Waals surface area (Å²) in [5.74, 6) is 0.934. The largest absolute Gasteiger partial charge is 0.493 e. The Kier molecular flexibility index (Phi) is 3.36. The van der Waals surface area contributed by atoms with Crippen LogP contribution >= 0.6 is 11.6 Å². The Bertz CT molecular complexity index is 589. The normalized spacial score (nSPS) is 14.8. The van der Waals surface area contributed by atoms with E-state index >= 15 is 0 Å². The fraction of sp³-hybridized carbons (Fsp3) is 0.286. The van der Waals surface area contributed by atoms with Crippen LogP contribution in [-0.4, -0.2) is 16.6 Å². The SMILES string of the molecule is NC(Cc1cc(Cl)cc2c1OCC2)c1cnccn1. The fourth-order valence-electron chi connectivity index (χ4n) is 2.34. The second-order valence-electron chi connectivity index (χ2n) is 4.59. The highest BCUT2D eigenvalue weighted by Gasteiger charge is 2.20. The summed E-state index contributed by atoms with van der Waals surface area (Å²) in [7, 11) is 0. The van der Waals surface area contributed by atoms with Crippen molar-refractivity contribution >= 4 is 11.6 Å². The zero-order valence-electron chi connectivity index (χ0n) is 10.3. The van der Waals surface area contributed by atoms with Crippen LogP contribution in [0.3, 0.4) is 0 Å². The molecule has 0 bridgehead atoms. The lowest BCUT2D eigenvalue weighted by atomic mass is 10.0. The van der Waals surface area contributed by atoms with Crippen molar-refractivity contribution in [3.8, 4) is 5.75 Å². The number of hydrogen-bond donors (Lipinski definition) is 1. The van der Waals surface area contributed by atoms with Gasteiger partial charge in [-0.05, 0) is 29.7 Å². The molecule has 0 saturated heterocycles. The van der Waals surface area contributed by atoms with E-state index in [4.69, 9.17) is 22.1 Å². The standard InChI is InChI=1S/C14H14ClN3O/c15-11-5-9-1-4-19-14(9)10(6-11)7-12(16)13-8-17-2-3-18-13/h2-3,5-6,8,12H,1,4,7,16H2. The highest BCUT2D eigenvalue weighted by molar-refractivity contribution is 6.30. The first kappa shape index (κ1) is 12.4. The molecular formula is C14H14ClN3O. The Morgan fingerprint density at radius 3 is 3.05 bits per heavy atom. The van der Waals surface area contributed by atoms with Crippen LogP contribution in [0.25, 0.3) is 0 Å². The van der Waals surface area contributed by atoms with E-state index in [1.807, 2.05) is 12.1 Å². The second-order valence-corrected chi connectivity index (χ2v) is 5.03. The number of halogens is 1. The fourth-order valence-corrected chi connectivity index (χ4v) is 2.60. The van der Waals surface area contributed by atoms with E-state index in [0.29, 0.717) is 13.0 Å². The molecule has 4 nitrogen and oxygen atoms in total. The Morgan fingerprint density at radius 1 is 1.37 bits per heavy atom. The molecule has 2 N–H and O–H groups in total. The molecule has 19 heavy (non-hydrogen) atoms. The molecule has 1 unspecified atom stereocenters. The Labute approximate surface area is 116 Å². The summed E-state index contributed by atoms with van der Waals surface area (Å²) in [5.41, 5.74) is 9.14. The number of fused-ring (bicyclic) bond motifs is 1. The molecule has 98 valence electrons. The van der Waals surface area contributed by atoms with Crippen LogP contribution in [0.2, 0.25) is 5.02 Å². The first-order chi connectivity index (χ1) is 9.24. The first-order valence-electron chi connectivity index (χ1n) is 6.19. The molecule has 1 aliphatic rings. The van der Waals surface area contributed by atoms with Gasteiger partial charge in [-0.15, -0.1) is 0 Å². The summed E-state index contributed by atoms with van der Waals surface area (Å²) in [4.78, 5) is 8.27. The van der Waals surface area contributed by atoms with Crippen LogP contribution in [0.5, 0.6) is 5.75 Å². The molecule has 0 aliphatic carbocycles. The number of rotatable bonds is 3. The average molecular weight is 276 g/mol. The third kappa shape index (κ3) is 2.55. The van der Waals surface area contributed by atoms with Gasteiger partial charge in [0, 0.05) is 30.0 Å². The van der Waals surface area contributed by atoms with Crippen LogP contribution in [0.4, 0.5) is 0 Å². The molecule has 0 spiro atoms. The number of benzene rings is 1. The minimum Gasteiger partial charge on any atom is -0.493 e. The molecule has 1 atom stereocenters. The lowest BCUT2D eigenvalue weighted by Gasteiger charge is -2.14. The molecule has 3 rings (SSSR count). The van der Waals surface area contributed by atoms with Gasteiger partial charge in [-0.2, -0.15) is 0 Å². The number of hydrogen-bond acceptors (Lipinski definition) is 4. The molecule has 0 amide bonds. The highest BCUT2D eigenvalue weighted by Crippen LogP contribution is 2.34. The number of ether oxygens (including phenoxy) is 1. The molecular weight excluding hydrogens is 262 g/mol. The molecule has 0 fully saturated rings. The summed E-state index contributed by atoms with van der Waals surface area (Å²) in [6, 6.07) is 3.67. The first-order valence-corrected chi connectivity index (χ1v) is 6.57. The molecule has 1 aliphatic heterocycles. The van der Waals surface area contributed by atoms with Crippen molar-refractivity contribution in [2.75, 3.05) is 6.61 Å². The maximum absolute atomic E-state index is 6.17. The lowest BCUT2D eigenvalue weighted by molar-refractivity contribution is 0.352. The monoisotopic (exact) mass is 275 g/mol. The number of aromatic nitrogens is 2. The second kappa shape index (κ2) is 5.15. The molecule has 2 heterocycles. The van der Waals surface area contributed by atoms with E-state index in [1.54, 1.807) is 18.6 Å². The van der Waals surface area contributed by atoms with Crippen LogP contribution in [0.15, 0.2) is 30.7 Å². The van der Waals surface area contributed by atoms with Gasteiger partial charge in [-0.1, -0.05) is 11.6 Å². The third-order valence-electron chi connectivity index (χ3n) is 3.23. The van der Waals surface area contributed by atoms with Crippen molar-refractivity contribution in [3.05, 3.63) is 52.6 Å². The van der Waals surface area contributed by atoms with E-state index in [1.165, 1.54) is 0 Å². The zero-order valence-corrected chi connectivity index (χ0v) is 11.1. The van der Waals surface area contributed by atoms with Gasteiger partial charge in [0.1, 0.15) is 5.75 Å². The highest BCUT2D eigenvalue weighted by atomic mass is 35.5. The number of nitrogens with two attached hydrogens (primary N) is 1. The van der Waals surface area contributed by atoms with Crippen LogP contribution in [0.1, 0.15) is 22.9 Å². The Balaban J connectivity index is 1.88. The Hall–Kier alpha value is -1.65. The van der Waals surface area contributed by atoms with Crippen molar-refractivity contribution < 1.29 is 4.74 Å². The minimum atomic E-state index is -0.208. The van der Waals surface area contributed by atoms with Crippen LogP contribution in [-0.2, 0) is 12.8 Å². The summed E-state index contributed by atoms with van der Waals surface area (Å²) >= 11 is 6.13. The average Bonchev–Trinajstić information content (AvgIpc) is 2.88. The van der Waals surface area contributed by atoms with Crippen molar-refractivity contribution in [3.63, 3.8) is 0 Å². The third-order valence-corrected chi connectivity index (χ3v) is 3.45. The molecule has 1 aromatic heterocycles. The van der Waals surface area contributed by atoms with Crippen molar-refractivity contribution in [2.45, 2.75) is 18.9 Å². The van der Waals surface area contributed by atoms with Crippen molar-refractivity contribution in [1.82, 2.24) is 9.97 Å². The van der Waals surface area contributed by atoms with Gasteiger partial charge in [0.05, 0.1) is 18.3 Å². The van der Waals surface area contributed by atoms with Gasteiger partial charge in [-0.3, -0.25) is 9.97 Å². The predicted octanol–water partition coefficient (Wildman–Crippen LogP) is 2.31. The van der Waals surface area contributed by atoms with Gasteiger partial charge in [-0.25, -0.2) is 0 Å². The van der Waals surface area contributed by atoms with E-state index < -0.39 is 0 Å². The molecule has 1 aromatic carbocycles. The molecule has 0 saturated carbocycles. The topological polar surface area (TPSA) is 61.0 Å². The summed E-state index contributed by atoms with van der Waals surface area (Å²) in [6.45, 7) is 0.711. The number of nitrogens with zero attached hydrogens (tertiary/aromatic N) is 2. The van der Waals surface area contributed by atoms with E-state index in [-0.39, 0.29) is 6.04 Å². The van der Waals surface area contributed by atoms with Gasteiger partial charge in [0.15, 0.2) is 0 Å².